The van der Waals surface area contributed by atoms with Gasteiger partial charge < -0.3 is 5.32 Å². The first kappa shape index (κ1) is 20.7. The molecule has 136 valence electrons. The predicted molar refractivity (Wildman–Crippen MR) is 106 cm³/mol. The lowest BCUT2D eigenvalue weighted by Gasteiger charge is -2.06. The molecule has 0 aliphatic carbocycles. The lowest BCUT2D eigenvalue weighted by Crippen LogP contribution is -2.10. The molecule has 1 rings (SSSR count). The van der Waals surface area contributed by atoms with Crippen molar-refractivity contribution in [2.45, 2.75) is 97.3 Å². The van der Waals surface area contributed by atoms with E-state index < -0.39 is 0 Å². The summed E-state index contributed by atoms with van der Waals surface area (Å²) in [6.45, 7) is 4.44. The molecule has 0 saturated heterocycles. The Kier molecular flexibility index (Phi) is 12.2. The smallest absolute Gasteiger partial charge is 0.224 e. The van der Waals surface area contributed by atoms with E-state index in [1.54, 1.807) is 0 Å². The molecule has 0 saturated carbocycles. The number of hydrogen-bond acceptors (Lipinski definition) is 1. The van der Waals surface area contributed by atoms with E-state index in [4.69, 9.17) is 0 Å². The lowest BCUT2D eigenvalue weighted by atomic mass is 10.1. The van der Waals surface area contributed by atoms with Gasteiger partial charge in [-0.2, -0.15) is 0 Å². The predicted octanol–water partition coefficient (Wildman–Crippen LogP) is 6.89. The van der Waals surface area contributed by atoms with Gasteiger partial charge in [0.05, 0.1) is 0 Å². The van der Waals surface area contributed by atoms with E-state index in [2.05, 4.69) is 31.3 Å². The maximum absolute atomic E-state index is 11.9. The summed E-state index contributed by atoms with van der Waals surface area (Å²) in [5.74, 6) is 0.151. The topological polar surface area (TPSA) is 29.1 Å². The van der Waals surface area contributed by atoms with Gasteiger partial charge in [0, 0.05) is 12.1 Å². The number of rotatable bonds is 14. The van der Waals surface area contributed by atoms with Gasteiger partial charge in [-0.1, -0.05) is 90.2 Å². The fourth-order valence-corrected chi connectivity index (χ4v) is 3.04. The molecule has 0 atom stereocenters. The summed E-state index contributed by atoms with van der Waals surface area (Å²) in [6, 6.07) is 8.25. The van der Waals surface area contributed by atoms with Gasteiger partial charge in [-0.15, -0.1) is 0 Å². The molecule has 0 aliphatic heterocycles. The zero-order valence-electron chi connectivity index (χ0n) is 15.9. The van der Waals surface area contributed by atoms with Crippen molar-refractivity contribution in [2.75, 3.05) is 5.32 Å². The molecule has 0 heterocycles. The zero-order chi connectivity index (χ0) is 17.5. The normalized spacial score (nSPS) is 10.8. The highest BCUT2D eigenvalue weighted by Crippen LogP contribution is 2.13. The Morgan fingerprint density at radius 3 is 1.83 bits per heavy atom. The first-order valence-corrected chi connectivity index (χ1v) is 10.1. The minimum atomic E-state index is 0.151. The number of benzene rings is 1. The molecule has 0 spiro atoms. The van der Waals surface area contributed by atoms with Crippen LogP contribution in [0.5, 0.6) is 0 Å². The Morgan fingerprint density at radius 1 is 0.750 bits per heavy atom. The molecule has 1 amide bonds. The second kappa shape index (κ2) is 14.1. The Morgan fingerprint density at radius 2 is 1.29 bits per heavy atom. The third-order valence-electron chi connectivity index (χ3n) is 4.53. The third-order valence-corrected chi connectivity index (χ3v) is 4.53. The van der Waals surface area contributed by atoms with E-state index >= 15 is 0 Å². The SMILES string of the molecule is CCCCCCCCCCCCC(=O)Nc1ccc(CCC)cc1. The fourth-order valence-electron chi connectivity index (χ4n) is 3.04. The zero-order valence-corrected chi connectivity index (χ0v) is 15.9. The van der Waals surface area contributed by atoms with E-state index in [1.807, 2.05) is 12.1 Å². The number of carbonyl (C=O) groups is 1. The number of unbranched alkanes of at least 4 members (excludes halogenated alkanes) is 9. The second-order valence-corrected chi connectivity index (χ2v) is 6.93. The average molecular weight is 332 g/mol. The standard InChI is InChI=1S/C22H37NO/c1-3-5-6-7-8-9-10-11-12-13-15-22(24)23-21-18-16-20(14-4-2)17-19-21/h16-19H,3-15H2,1-2H3,(H,23,24). The van der Waals surface area contributed by atoms with Gasteiger partial charge in [0.15, 0.2) is 0 Å². The molecule has 2 heteroatoms. The third kappa shape index (κ3) is 10.5. The highest BCUT2D eigenvalue weighted by Gasteiger charge is 2.02. The molecule has 24 heavy (non-hydrogen) atoms. The number of anilines is 1. The van der Waals surface area contributed by atoms with Crippen LogP contribution in [-0.4, -0.2) is 5.91 Å². The Labute approximate surface area is 149 Å². The van der Waals surface area contributed by atoms with Crippen LogP contribution < -0.4 is 5.32 Å². The number of aryl methyl sites for hydroxylation is 1. The average Bonchev–Trinajstić information content (AvgIpc) is 2.58. The van der Waals surface area contributed by atoms with Crippen LogP contribution in [0.15, 0.2) is 24.3 Å². The van der Waals surface area contributed by atoms with Crippen LogP contribution in [0.1, 0.15) is 96.5 Å². The van der Waals surface area contributed by atoms with E-state index in [-0.39, 0.29) is 5.91 Å². The first-order valence-electron chi connectivity index (χ1n) is 10.1. The van der Waals surface area contributed by atoms with E-state index in [9.17, 15) is 4.79 Å². The van der Waals surface area contributed by atoms with Gasteiger partial charge in [0.2, 0.25) is 5.91 Å². The van der Waals surface area contributed by atoms with Crippen LogP contribution in [0, 0.1) is 0 Å². The highest BCUT2D eigenvalue weighted by molar-refractivity contribution is 5.90. The van der Waals surface area contributed by atoms with Gasteiger partial charge in [0.1, 0.15) is 0 Å². The largest absolute Gasteiger partial charge is 0.326 e. The van der Waals surface area contributed by atoms with Crippen LogP contribution in [0.2, 0.25) is 0 Å². The quantitative estimate of drug-likeness (QED) is 0.369. The van der Waals surface area contributed by atoms with Crippen molar-refractivity contribution in [3.8, 4) is 0 Å². The summed E-state index contributed by atoms with van der Waals surface area (Å²) in [7, 11) is 0. The van der Waals surface area contributed by atoms with E-state index in [0.717, 1.165) is 24.9 Å². The van der Waals surface area contributed by atoms with Crippen LogP contribution in [-0.2, 0) is 11.2 Å². The molecule has 0 radical (unpaired) electrons. The second-order valence-electron chi connectivity index (χ2n) is 6.93. The monoisotopic (exact) mass is 331 g/mol. The molecular formula is C22H37NO. The number of carbonyl (C=O) groups excluding carboxylic acids is 1. The number of amides is 1. The molecule has 0 aliphatic rings. The van der Waals surface area contributed by atoms with E-state index in [1.165, 1.54) is 63.4 Å². The summed E-state index contributed by atoms with van der Waals surface area (Å²) in [5.41, 5.74) is 2.26. The Balaban J connectivity index is 2.00. The maximum atomic E-state index is 11.9. The van der Waals surface area contributed by atoms with Gasteiger partial charge in [0.25, 0.3) is 0 Å². The molecule has 1 aromatic rings. The summed E-state index contributed by atoms with van der Waals surface area (Å²) in [4.78, 5) is 11.9. The van der Waals surface area contributed by atoms with Crippen LogP contribution in [0.3, 0.4) is 0 Å². The molecule has 0 aromatic heterocycles. The molecular weight excluding hydrogens is 294 g/mol. The molecule has 0 unspecified atom stereocenters. The van der Waals surface area contributed by atoms with Crippen molar-refractivity contribution >= 4 is 11.6 Å². The fraction of sp³-hybridized carbons (Fsp3) is 0.682. The van der Waals surface area contributed by atoms with Crippen LogP contribution >= 0.6 is 0 Å². The van der Waals surface area contributed by atoms with Gasteiger partial charge in [-0.25, -0.2) is 0 Å². The first-order chi connectivity index (χ1) is 11.8. The number of nitrogens with one attached hydrogen (secondary N) is 1. The lowest BCUT2D eigenvalue weighted by molar-refractivity contribution is -0.116. The van der Waals surface area contributed by atoms with Crippen molar-refractivity contribution in [3.05, 3.63) is 29.8 Å². The van der Waals surface area contributed by atoms with Crippen molar-refractivity contribution in [1.82, 2.24) is 0 Å². The summed E-state index contributed by atoms with van der Waals surface area (Å²) in [5, 5.41) is 3.00. The number of hydrogen-bond donors (Lipinski definition) is 1. The van der Waals surface area contributed by atoms with Crippen molar-refractivity contribution in [3.63, 3.8) is 0 Å². The van der Waals surface area contributed by atoms with Gasteiger partial charge >= 0.3 is 0 Å². The molecule has 1 aromatic carbocycles. The summed E-state index contributed by atoms with van der Waals surface area (Å²) in [6.07, 6.45) is 15.9. The minimum absolute atomic E-state index is 0.151. The van der Waals surface area contributed by atoms with Crippen LogP contribution in [0.25, 0.3) is 0 Å². The Bertz CT molecular complexity index is 424. The molecule has 0 bridgehead atoms. The van der Waals surface area contributed by atoms with Crippen LogP contribution in [0.4, 0.5) is 5.69 Å². The van der Waals surface area contributed by atoms with Gasteiger partial charge in [-0.05, 0) is 30.5 Å². The van der Waals surface area contributed by atoms with Crippen molar-refractivity contribution in [2.24, 2.45) is 0 Å². The summed E-state index contributed by atoms with van der Waals surface area (Å²) < 4.78 is 0. The summed E-state index contributed by atoms with van der Waals surface area (Å²) >= 11 is 0. The van der Waals surface area contributed by atoms with Crippen molar-refractivity contribution in [1.29, 1.82) is 0 Å². The highest BCUT2D eigenvalue weighted by atomic mass is 16.1. The molecule has 1 N–H and O–H groups in total. The van der Waals surface area contributed by atoms with Gasteiger partial charge in [-0.3, -0.25) is 4.79 Å². The Hall–Kier alpha value is -1.31. The maximum Gasteiger partial charge on any atom is 0.224 e. The van der Waals surface area contributed by atoms with Crippen molar-refractivity contribution < 1.29 is 4.79 Å². The van der Waals surface area contributed by atoms with E-state index in [0.29, 0.717) is 6.42 Å². The molecule has 0 fully saturated rings. The minimum Gasteiger partial charge on any atom is -0.326 e. The molecule has 2 nitrogen and oxygen atoms in total.